The lowest BCUT2D eigenvalue weighted by Crippen LogP contribution is -2.10. The molecule has 0 aromatic heterocycles. The SMILES string of the molecule is CCC(C)Oc1cccc(NCCC2CC2)c1. The average Bonchev–Trinajstić information content (AvgIpc) is 3.13. The molecule has 1 N–H and O–H groups in total. The number of hydrogen-bond acceptors (Lipinski definition) is 2. The lowest BCUT2D eigenvalue weighted by Gasteiger charge is -2.14. The Hall–Kier alpha value is -1.18. The van der Waals surface area contributed by atoms with Crippen molar-refractivity contribution >= 4 is 5.69 Å². The van der Waals surface area contributed by atoms with E-state index in [0.29, 0.717) is 0 Å². The minimum Gasteiger partial charge on any atom is -0.491 e. The van der Waals surface area contributed by atoms with Gasteiger partial charge in [0.05, 0.1) is 6.10 Å². The van der Waals surface area contributed by atoms with Crippen molar-refractivity contribution in [3.8, 4) is 5.75 Å². The van der Waals surface area contributed by atoms with Gasteiger partial charge in [0.2, 0.25) is 0 Å². The first-order valence-electron chi connectivity index (χ1n) is 6.78. The van der Waals surface area contributed by atoms with Gasteiger partial charge in [0.15, 0.2) is 0 Å². The largest absolute Gasteiger partial charge is 0.491 e. The fraction of sp³-hybridized carbons (Fsp3) is 0.600. The fourth-order valence-corrected chi connectivity index (χ4v) is 1.82. The third-order valence-electron chi connectivity index (χ3n) is 3.32. The van der Waals surface area contributed by atoms with Gasteiger partial charge in [-0.25, -0.2) is 0 Å². The average molecular weight is 233 g/mol. The normalized spacial score (nSPS) is 16.6. The Morgan fingerprint density at radius 1 is 1.41 bits per heavy atom. The van der Waals surface area contributed by atoms with Gasteiger partial charge >= 0.3 is 0 Å². The molecule has 0 saturated heterocycles. The number of benzene rings is 1. The van der Waals surface area contributed by atoms with Crippen LogP contribution in [0.1, 0.15) is 39.5 Å². The molecular formula is C15H23NO. The van der Waals surface area contributed by atoms with Crippen LogP contribution >= 0.6 is 0 Å². The zero-order chi connectivity index (χ0) is 12.1. The predicted octanol–water partition coefficient (Wildman–Crippen LogP) is 4.08. The van der Waals surface area contributed by atoms with Gasteiger partial charge in [0.25, 0.3) is 0 Å². The van der Waals surface area contributed by atoms with E-state index in [1.807, 2.05) is 6.07 Å². The quantitative estimate of drug-likeness (QED) is 0.766. The molecule has 0 amide bonds. The zero-order valence-corrected chi connectivity index (χ0v) is 10.9. The molecule has 2 rings (SSSR count). The topological polar surface area (TPSA) is 21.3 Å². The van der Waals surface area contributed by atoms with Gasteiger partial charge in [0, 0.05) is 18.3 Å². The van der Waals surface area contributed by atoms with Crippen molar-refractivity contribution in [1.82, 2.24) is 0 Å². The second-order valence-electron chi connectivity index (χ2n) is 5.02. The smallest absolute Gasteiger partial charge is 0.121 e. The van der Waals surface area contributed by atoms with Crippen LogP contribution in [0, 0.1) is 5.92 Å². The molecule has 0 spiro atoms. The highest BCUT2D eigenvalue weighted by molar-refractivity contribution is 5.48. The highest BCUT2D eigenvalue weighted by Crippen LogP contribution is 2.32. The molecule has 94 valence electrons. The fourth-order valence-electron chi connectivity index (χ4n) is 1.82. The molecule has 2 heteroatoms. The maximum absolute atomic E-state index is 5.80. The Bertz CT molecular complexity index is 347. The van der Waals surface area contributed by atoms with E-state index < -0.39 is 0 Å². The van der Waals surface area contributed by atoms with Crippen molar-refractivity contribution in [3.05, 3.63) is 24.3 Å². The number of rotatable bonds is 7. The van der Waals surface area contributed by atoms with Crippen LogP contribution in [0.25, 0.3) is 0 Å². The lowest BCUT2D eigenvalue weighted by molar-refractivity contribution is 0.217. The molecule has 1 aromatic carbocycles. The summed E-state index contributed by atoms with van der Waals surface area (Å²) in [5.41, 5.74) is 1.17. The van der Waals surface area contributed by atoms with Crippen LogP contribution in [-0.2, 0) is 0 Å². The molecule has 0 bridgehead atoms. The molecule has 1 aliphatic carbocycles. The minimum atomic E-state index is 0.289. The van der Waals surface area contributed by atoms with Crippen molar-refractivity contribution in [1.29, 1.82) is 0 Å². The van der Waals surface area contributed by atoms with Crippen LogP contribution in [-0.4, -0.2) is 12.6 Å². The van der Waals surface area contributed by atoms with Crippen LogP contribution in [0.3, 0.4) is 0 Å². The summed E-state index contributed by atoms with van der Waals surface area (Å²) in [6, 6.07) is 8.28. The minimum absolute atomic E-state index is 0.289. The van der Waals surface area contributed by atoms with Crippen molar-refractivity contribution in [3.63, 3.8) is 0 Å². The van der Waals surface area contributed by atoms with Crippen LogP contribution in [0.15, 0.2) is 24.3 Å². The summed E-state index contributed by atoms with van der Waals surface area (Å²) in [5, 5.41) is 3.47. The molecule has 0 aliphatic heterocycles. The summed E-state index contributed by atoms with van der Waals surface area (Å²) in [4.78, 5) is 0. The highest BCUT2D eigenvalue weighted by atomic mass is 16.5. The number of hydrogen-bond donors (Lipinski definition) is 1. The van der Waals surface area contributed by atoms with Gasteiger partial charge in [-0.1, -0.05) is 25.8 Å². The number of nitrogens with one attached hydrogen (secondary N) is 1. The summed E-state index contributed by atoms with van der Waals surface area (Å²) in [6.07, 6.45) is 5.49. The summed E-state index contributed by atoms with van der Waals surface area (Å²) in [7, 11) is 0. The van der Waals surface area contributed by atoms with Gasteiger partial charge in [-0.15, -0.1) is 0 Å². The predicted molar refractivity (Wildman–Crippen MR) is 72.7 cm³/mol. The number of anilines is 1. The Morgan fingerprint density at radius 3 is 2.94 bits per heavy atom. The van der Waals surface area contributed by atoms with Gasteiger partial charge < -0.3 is 10.1 Å². The molecule has 17 heavy (non-hydrogen) atoms. The molecule has 1 aromatic rings. The Kier molecular flexibility index (Phi) is 4.29. The first-order chi connectivity index (χ1) is 8.28. The summed E-state index contributed by atoms with van der Waals surface area (Å²) < 4.78 is 5.80. The third kappa shape index (κ3) is 4.29. The van der Waals surface area contributed by atoms with E-state index in [2.05, 4.69) is 37.4 Å². The standard InChI is InChI=1S/C15H23NO/c1-3-12(2)17-15-6-4-5-14(11-15)16-10-9-13-7-8-13/h4-6,11-13,16H,3,7-10H2,1-2H3. The van der Waals surface area contributed by atoms with Gasteiger partial charge in [-0.05, 0) is 37.8 Å². The van der Waals surface area contributed by atoms with Crippen molar-refractivity contribution in [2.45, 2.75) is 45.6 Å². The number of ether oxygens (including phenoxy) is 1. The van der Waals surface area contributed by atoms with Crippen LogP contribution in [0.2, 0.25) is 0 Å². The Labute approximate surface area is 104 Å². The van der Waals surface area contributed by atoms with E-state index in [1.165, 1.54) is 24.9 Å². The second kappa shape index (κ2) is 5.95. The summed E-state index contributed by atoms with van der Waals surface area (Å²) in [5.74, 6) is 1.96. The summed E-state index contributed by atoms with van der Waals surface area (Å²) >= 11 is 0. The first kappa shape index (κ1) is 12.3. The van der Waals surface area contributed by atoms with E-state index in [9.17, 15) is 0 Å². The molecule has 1 unspecified atom stereocenters. The van der Waals surface area contributed by atoms with Gasteiger partial charge in [-0.3, -0.25) is 0 Å². The molecule has 0 heterocycles. The van der Waals surface area contributed by atoms with Gasteiger partial charge in [0.1, 0.15) is 5.75 Å². The molecule has 1 atom stereocenters. The van der Waals surface area contributed by atoms with Gasteiger partial charge in [-0.2, -0.15) is 0 Å². The second-order valence-corrected chi connectivity index (χ2v) is 5.02. The van der Waals surface area contributed by atoms with E-state index in [4.69, 9.17) is 4.74 Å². The molecule has 2 nitrogen and oxygen atoms in total. The van der Waals surface area contributed by atoms with Crippen LogP contribution in [0.4, 0.5) is 5.69 Å². The van der Waals surface area contributed by atoms with E-state index in [1.54, 1.807) is 0 Å². The van der Waals surface area contributed by atoms with E-state index in [0.717, 1.165) is 24.6 Å². The molecular weight excluding hydrogens is 210 g/mol. The lowest BCUT2D eigenvalue weighted by atomic mass is 10.2. The molecule has 0 radical (unpaired) electrons. The van der Waals surface area contributed by atoms with Crippen molar-refractivity contribution in [2.75, 3.05) is 11.9 Å². The van der Waals surface area contributed by atoms with E-state index >= 15 is 0 Å². The van der Waals surface area contributed by atoms with Crippen molar-refractivity contribution in [2.24, 2.45) is 5.92 Å². The zero-order valence-electron chi connectivity index (χ0n) is 10.9. The monoisotopic (exact) mass is 233 g/mol. The molecule has 1 saturated carbocycles. The van der Waals surface area contributed by atoms with E-state index in [-0.39, 0.29) is 6.10 Å². The summed E-state index contributed by atoms with van der Waals surface area (Å²) in [6.45, 7) is 5.33. The maximum Gasteiger partial charge on any atom is 0.121 e. The third-order valence-corrected chi connectivity index (χ3v) is 3.32. The van der Waals surface area contributed by atoms with Crippen LogP contribution in [0.5, 0.6) is 5.75 Å². The van der Waals surface area contributed by atoms with Crippen LogP contribution < -0.4 is 10.1 Å². The maximum atomic E-state index is 5.80. The first-order valence-corrected chi connectivity index (χ1v) is 6.78. The Balaban J connectivity index is 1.81. The van der Waals surface area contributed by atoms with Crippen molar-refractivity contribution < 1.29 is 4.74 Å². The molecule has 1 aliphatic rings. The Morgan fingerprint density at radius 2 is 2.24 bits per heavy atom. The highest BCUT2D eigenvalue weighted by Gasteiger charge is 2.20. The molecule has 1 fully saturated rings.